The molecule has 21 heavy (non-hydrogen) atoms. The van der Waals surface area contributed by atoms with Gasteiger partial charge in [-0.25, -0.2) is 4.39 Å². The van der Waals surface area contributed by atoms with Crippen LogP contribution in [0, 0.1) is 5.82 Å². The third-order valence-electron chi connectivity index (χ3n) is 3.36. The predicted molar refractivity (Wildman–Crippen MR) is 85.8 cm³/mol. The third kappa shape index (κ3) is 3.01. The summed E-state index contributed by atoms with van der Waals surface area (Å²) in [6.45, 7) is 2.78. The van der Waals surface area contributed by atoms with Crippen molar-refractivity contribution in [2.75, 3.05) is 6.54 Å². The van der Waals surface area contributed by atoms with Gasteiger partial charge in [0, 0.05) is 9.86 Å². The van der Waals surface area contributed by atoms with Crippen LogP contribution in [0.4, 0.5) is 4.39 Å². The minimum atomic E-state index is -0.265. The SMILES string of the molecule is CCNC(c1cc(F)cc(Br)c1)c1cc2ccccc2o1. The van der Waals surface area contributed by atoms with Crippen LogP contribution in [0.3, 0.4) is 0 Å². The zero-order valence-corrected chi connectivity index (χ0v) is 13.2. The number of benzene rings is 2. The minimum absolute atomic E-state index is 0.172. The fourth-order valence-corrected chi connectivity index (χ4v) is 2.96. The summed E-state index contributed by atoms with van der Waals surface area (Å²) in [5.74, 6) is 0.522. The molecule has 2 aromatic carbocycles. The molecule has 3 rings (SSSR count). The summed E-state index contributed by atoms with van der Waals surface area (Å²) in [5, 5.41) is 4.40. The Balaban J connectivity index is 2.08. The van der Waals surface area contributed by atoms with Gasteiger partial charge in [-0.1, -0.05) is 41.1 Å². The maximum Gasteiger partial charge on any atom is 0.134 e. The molecule has 1 aromatic heterocycles. The predicted octanol–water partition coefficient (Wildman–Crippen LogP) is 5.03. The standard InChI is InChI=1S/C17H15BrFNO/c1-2-20-17(12-7-13(18)10-14(19)8-12)16-9-11-5-3-4-6-15(11)21-16/h3-10,17,20H,2H2,1H3. The summed E-state index contributed by atoms with van der Waals surface area (Å²) < 4.78 is 20.3. The van der Waals surface area contributed by atoms with Crippen molar-refractivity contribution < 1.29 is 8.81 Å². The minimum Gasteiger partial charge on any atom is -0.459 e. The van der Waals surface area contributed by atoms with Crippen LogP contribution in [0.2, 0.25) is 0 Å². The molecule has 0 spiro atoms. The number of furan rings is 1. The highest BCUT2D eigenvalue weighted by Gasteiger charge is 2.18. The number of hydrogen-bond donors (Lipinski definition) is 1. The first-order valence-electron chi connectivity index (χ1n) is 6.85. The van der Waals surface area contributed by atoms with E-state index in [-0.39, 0.29) is 11.9 Å². The molecule has 0 aliphatic heterocycles. The van der Waals surface area contributed by atoms with Crippen molar-refractivity contribution in [1.29, 1.82) is 0 Å². The molecular weight excluding hydrogens is 333 g/mol. The van der Waals surface area contributed by atoms with Crippen molar-refractivity contribution in [3.05, 3.63) is 70.1 Å². The van der Waals surface area contributed by atoms with Crippen LogP contribution >= 0.6 is 15.9 Å². The maximum absolute atomic E-state index is 13.7. The average Bonchev–Trinajstić information content (AvgIpc) is 2.87. The molecule has 4 heteroatoms. The molecule has 3 aromatic rings. The molecule has 0 amide bonds. The summed E-state index contributed by atoms with van der Waals surface area (Å²) in [4.78, 5) is 0. The molecule has 1 unspecified atom stereocenters. The molecule has 1 N–H and O–H groups in total. The van der Waals surface area contributed by atoms with Gasteiger partial charge in [0.15, 0.2) is 0 Å². The quantitative estimate of drug-likeness (QED) is 0.715. The Morgan fingerprint density at radius 3 is 2.71 bits per heavy atom. The van der Waals surface area contributed by atoms with Crippen molar-refractivity contribution in [2.45, 2.75) is 13.0 Å². The number of fused-ring (bicyclic) bond motifs is 1. The maximum atomic E-state index is 13.7. The number of rotatable bonds is 4. The Morgan fingerprint density at radius 1 is 1.19 bits per heavy atom. The summed E-state index contributed by atoms with van der Waals surface area (Å²) in [6, 6.07) is 14.6. The Hall–Kier alpha value is -1.65. The number of para-hydroxylation sites is 1. The Bertz CT molecular complexity index is 715. The molecule has 0 radical (unpaired) electrons. The van der Waals surface area contributed by atoms with E-state index in [0.717, 1.165) is 33.3 Å². The van der Waals surface area contributed by atoms with E-state index in [1.54, 1.807) is 0 Å². The summed E-state index contributed by atoms with van der Waals surface area (Å²) in [6.07, 6.45) is 0. The molecule has 0 saturated carbocycles. The van der Waals surface area contributed by atoms with Crippen LogP contribution in [-0.4, -0.2) is 6.54 Å². The van der Waals surface area contributed by atoms with Crippen LogP contribution in [0.25, 0.3) is 11.0 Å². The summed E-state index contributed by atoms with van der Waals surface area (Å²) >= 11 is 3.34. The first-order valence-corrected chi connectivity index (χ1v) is 7.64. The van der Waals surface area contributed by atoms with E-state index in [0.29, 0.717) is 0 Å². The van der Waals surface area contributed by atoms with E-state index in [1.807, 2.05) is 43.3 Å². The van der Waals surface area contributed by atoms with E-state index < -0.39 is 0 Å². The van der Waals surface area contributed by atoms with Gasteiger partial charge in [-0.2, -0.15) is 0 Å². The molecule has 1 heterocycles. The van der Waals surface area contributed by atoms with Gasteiger partial charge in [-0.3, -0.25) is 0 Å². The van der Waals surface area contributed by atoms with Gasteiger partial charge in [-0.05, 0) is 42.4 Å². The second-order valence-corrected chi connectivity index (χ2v) is 5.80. The molecule has 1 atom stereocenters. The molecule has 0 aliphatic carbocycles. The van der Waals surface area contributed by atoms with Crippen molar-refractivity contribution in [3.8, 4) is 0 Å². The Labute approximate surface area is 131 Å². The van der Waals surface area contributed by atoms with Crippen LogP contribution in [-0.2, 0) is 0 Å². The lowest BCUT2D eigenvalue weighted by Crippen LogP contribution is -2.21. The normalized spacial score (nSPS) is 12.7. The molecular formula is C17H15BrFNO. The van der Waals surface area contributed by atoms with Crippen molar-refractivity contribution in [3.63, 3.8) is 0 Å². The average molecular weight is 348 g/mol. The van der Waals surface area contributed by atoms with E-state index in [2.05, 4.69) is 21.2 Å². The zero-order valence-electron chi connectivity index (χ0n) is 11.6. The van der Waals surface area contributed by atoms with Crippen LogP contribution in [0.15, 0.2) is 57.4 Å². The van der Waals surface area contributed by atoms with Crippen molar-refractivity contribution in [2.24, 2.45) is 0 Å². The van der Waals surface area contributed by atoms with Crippen LogP contribution in [0.5, 0.6) is 0 Å². The lowest BCUT2D eigenvalue weighted by atomic mass is 10.0. The second kappa shape index (κ2) is 6.00. The monoisotopic (exact) mass is 347 g/mol. The van der Waals surface area contributed by atoms with Crippen molar-refractivity contribution in [1.82, 2.24) is 5.32 Å². The Kier molecular flexibility index (Phi) is 4.08. The van der Waals surface area contributed by atoms with Gasteiger partial charge in [-0.15, -0.1) is 0 Å². The number of nitrogens with one attached hydrogen (secondary N) is 1. The van der Waals surface area contributed by atoms with Gasteiger partial charge in [0.1, 0.15) is 17.2 Å². The fraction of sp³-hybridized carbons (Fsp3) is 0.176. The van der Waals surface area contributed by atoms with E-state index >= 15 is 0 Å². The number of halogens is 2. The summed E-state index contributed by atoms with van der Waals surface area (Å²) in [5.41, 5.74) is 1.67. The highest BCUT2D eigenvalue weighted by Crippen LogP contribution is 2.30. The van der Waals surface area contributed by atoms with Gasteiger partial charge >= 0.3 is 0 Å². The molecule has 0 aliphatic rings. The smallest absolute Gasteiger partial charge is 0.134 e. The number of hydrogen-bond acceptors (Lipinski definition) is 2. The fourth-order valence-electron chi connectivity index (χ4n) is 2.47. The zero-order chi connectivity index (χ0) is 14.8. The van der Waals surface area contributed by atoms with E-state index in [4.69, 9.17) is 4.42 Å². The van der Waals surface area contributed by atoms with Crippen LogP contribution in [0.1, 0.15) is 24.3 Å². The van der Waals surface area contributed by atoms with Crippen LogP contribution < -0.4 is 5.32 Å². The molecule has 0 saturated heterocycles. The van der Waals surface area contributed by atoms with E-state index in [1.165, 1.54) is 12.1 Å². The van der Waals surface area contributed by atoms with Crippen molar-refractivity contribution >= 4 is 26.9 Å². The highest BCUT2D eigenvalue weighted by molar-refractivity contribution is 9.10. The largest absolute Gasteiger partial charge is 0.459 e. The van der Waals surface area contributed by atoms with E-state index in [9.17, 15) is 4.39 Å². The molecule has 0 fully saturated rings. The van der Waals surface area contributed by atoms with Gasteiger partial charge in [0.25, 0.3) is 0 Å². The molecule has 0 bridgehead atoms. The first kappa shape index (κ1) is 14.3. The topological polar surface area (TPSA) is 25.2 Å². The summed E-state index contributed by atoms with van der Waals surface area (Å²) in [7, 11) is 0. The highest BCUT2D eigenvalue weighted by atomic mass is 79.9. The molecule has 2 nitrogen and oxygen atoms in total. The Morgan fingerprint density at radius 2 is 2.00 bits per heavy atom. The van der Waals surface area contributed by atoms with Gasteiger partial charge in [0.2, 0.25) is 0 Å². The second-order valence-electron chi connectivity index (χ2n) is 4.88. The van der Waals surface area contributed by atoms with Gasteiger partial charge in [0.05, 0.1) is 6.04 Å². The van der Waals surface area contributed by atoms with Gasteiger partial charge < -0.3 is 9.73 Å². The first-order chi connectivity index (χ1) is 10.2. The lowest BCUT2D eigenvalue weighted by Gasteiger charge is -2.16. The third-order valence-corrected chi connectivity index (χ3v) is 3.81. The molecule has 108 valence electrons. The lowest BCUT2D eigenvalue weighted by molar-refractivity contribution is 0.475.